The molecule has 0 aliphatic heterocycles. The molecule has 0 radical (unpaired) electrons. The van der Waals surface area contributed by atoms with Gasteiger partial charge in [-0.1, -0.05) is 23.2 Å². The van der Waals surface area contributed by atoms with Crippen LogP contribution >= 0.6 is 23.2 Å². The summed E-state index contributed by atoms with van der Waals surface area (Å²) in [6, 6.07) is 1.55. The van der Waals surface area contributed by atoms with Gasteiger partial charge in [0.25, 0.3) is 0 Å². The molecule has 0 atom stereocenters. The van der Waals surface area contributed by atoms with E-state index in [4.69, 9.17) is 23.2 Å². The van der Waals surface area contributed by atoms with Crippen LogP contribution in [0.2, 0.25) is 10.0 Å². The molecule has 1 N–H and O–H groups in total. The number of aryl methyl sites for hydroxylation is 2. The molecule has 0 saturated carbocycles. The van der Waals surface area contributed by atoms with Gasteiger partial charge in [-0.05, 0) is 13.0 Å². The summed E-state index contributed by atoms with van der Waals surface area (Å²) in [4.78, 5) is 14.8. The molecule has 0 bridgehead atoms. The molecular formula is C13H11Cl2N7O2. The second-order valence-corrected chi connectivity index (χ2v) is 5.76. The summed E-state index contributed by atoms with van der Waals surface area (Å²) >= 11 is 11.9. The summed E-state index contributed by atoms with van der Waals surface area (Å²) in [6.07, 6.45) is 4.56. The number of halogens is 2. The van der Waals surface area contributed by atoms with Crippen molar-refractivity contribution in [3.8, 4) is 5.82 Å². The maximum absolute atomic E-state index is 11.2. The summed E-state index contributed by atoms with van der Waals surface area (Å²) in [5.41, 5.74) is 0.752. The van der Waals surface area contributed by atoms with Crippen LogP contribution in [-0.2, 0) is 7.05 Å². The third kappa shape index (κ3) is 2.91. The van der Waals surface area contributed by atoms with Gasteiger partial charge in [0.1, 0.15) is 5.69 Å². The number of nitrogens with zero attached hydrogens (tertiary/aromatic N) is 6. The molecular weight excluding hydrogens is 357 g/mol. The van der Waals surface area contributed by atoms with Crippen LogP contribution in [0.1, 0.15) is 5.69 Å². The molecule has 0 aliphatic carbocycles. The fourth-order valence-electron chi connectivity index (χ4n) is 2.22. The Bertz CT molecular complexity index is 935. The first-order valence-corrected chi connectivity index (χ1v) is 7.43. The van der Waals surface area contributed by atoms with E-state index in [-0.39, 0.29) is 11.5 Å². The lowest BCUT2D eigenvalue weighted by atomic mass is 10.4. The number of nitrogens with one attached hydrogen (secondary N) is 1. The van der Waals surface area contributed by atoms with Crippen molar-refractivity contribution in [3.05, 3.63) is 50.5 Å². The zero-order valence-electron chi connectivity index (χ0n) is 12.6. The van der Waals surface area contributed by atoms with Gasteiger partial charge < -0.3 is 5.32 Å². The van der Waals surface area contributed by atoms with Gasteiger partial charge in [-0.3, -0.25) is 10.1 Å². The average molecular weight is 368 g/mol. The lowest BCUT2D eigenvalue weighted by Gasteiger charge is -2.04. The van der Waals surface area contributed by atoms with E-state index < -0.39 is 4.92 Å². The molecule has 0 fully saturated rings. The normalized spacial score (nSPS) is 10.8. The Labute approximate surface area is 146 Å². The van der Waals surface area contributed by atoms with Gasteiger partial charge in [0.15, 0.2) is 5.82 Å². The average Bonchev–Trinajstić information content (AvgIpc) is 3.04. The predicted octanol–water partition coefficient (Wildman–Crippen LogP) is 3.27. The highest BCUT2D eigenvalue weighted by molar-refractivity contribution is 6.35. The Morgan fingerprint density at radius 1 is 1.33 bits per heavy atom. The first-order chi connectivity index (χ1) is 11.4. The largest absolute Gasteiger partial charge is 0.334 e. The van der Waals surface area contributed by atoms with Crippen LogP contribution in [-0.4, -0.2) is 29.5 Å². The van der Waals surface area contributed by atoms with Gasteiger partial charge in [0.2, 0.25) is 5.82 Å². The third-order valence-corrected chi connectivity index (χ3v) is 3.71. The van der Waals surface area contributed by atoms with Crippen molar-refractivity contribution in [1.29, 1.82) is 0 Å². The smallest absolute Gasteiger partial charge is 0.332 e. The molecule has 0 aliphatic rings. The van der Waals surface area contributed by atoms with Crippen molar-refractivity contribution in [2.24, 2.45) is 7.05 Å². The fourth-order valence-corrected chi connectivity index (χ4v) is 2.69. The fraction of sp³-hybridized carbons (Fsp3) is 0.154. The first kappa shape index (κ1) is 16.2. The van der Waals surface area contributed by atoms with Gasteiger partial charge >= 0.3 is 5.69 Å². The molecule has 24 heavy (non-hydrogen) atoms. The van der Waals surface area contributed by atoms with Crippen molar-refractivity contribution >= 4 is 40.4 Å². The summed E-state index contributed by atoms with van der Waals surface area (Å²) in [7, 11) is 1.62. The number of nitro groups is 1. The Morgan fingerprint density at radius 3 is 2.75 bits per heavy atom. The van der Waals surface area contributed by atoms with Crippen LogP contribution in [0.25, 0.3) is 5.82 Å². The minimum atomic E-state index is -0.479. The maximum atomic E-state index is 11.2. The Morgan fingerprint density at radius 2 is 2.08 bits per heavy atom. The highest BCUT2D eigenvalue weighted by atomic mass is 35.5. The van der Waals surface area contributed by atoms with E-state index in [1.54, 1.807) is 26.2 Å². The van der Waals surface area contributed by atoms with Gasteiger partial charge in [-0.15, -0.1) is 0 Å². The number of aromatic nitrogens is 5. The third-order valence-electron chi connectivity index (χ3n) is 3.22. The van der Waals surface area contributed by atoms with Crippen molar-refractivity contribution in [3.63, 3.8) is 0 Å². The molecule has 124 valence electrons. The molecule has 9 nitrogen and oxygen atoms in total. The molecule has 3 heterocycles. The van der Waals surface area contributed by atoms with Crippen LogP contribution in [0, 0.1) is 17.0 Å². The van der Waals surface area contributed by atoms with Gasteiger partial charge in [-0.25, -0.2) is 14.3 Å². The molecule has 3 aromatic rings. The molecule has 0 spiro atoms. The molecule has 0 aromatic carbocycles. The molecule has 0 unspecified atom stereocenters. The lowest BCUT2D eigenvalue weighted by molar-refractivity contribution is -0.384. The molecule has 0 amide bonds. The summed E-state index contributed by atoms with van der Waals surface area (Å²) in [6.45, 7) is 1.57. The Kier molecular flexibility index (Phi) is 4.12. The Hall–Kier alpha value is -2.65. The zero-order chi connectivity index (χ0) is 17.4. The quantitative estimate of drug-likeness (QED) is 0.560. The van der Waals surface area contributed by atoms with E-state index in [0.717, 1.165) is 0 Å². The molecule has 11 heteroatoms. The lowest BCUT2D eigenvalue weighted by Crippen LogP contribution is -2.01. The van der Waals surface area contributed by atoms with Gasteiger partial charge in [-0.2, -0.15) is 10.2 Å². The van der Waals surface area contributed by atoms with E-state index in [1.165, 1.54) is 21.8 Å². The first-order valence-electron chi connectivity index (χ1n) is 6.68. The van der Waals surface area contributed by atoms with E-state index in [0.29, 0.717) is 27.2 Å². The summed E-state index contributed by atoms with van der Waals surface area (Å²) in [5, 5.41) is 23.1. The monoisotopic (exact) mass is 367 g/mol. The standard InChI is InChI=1S/C13H11Cl2N7O2/c1-7-11(22(23)24)13(20(2)19-7)18-9-5-17-21(6-9)12-10(15)3-8(14)4-16-12/h3-6,18H,1-2H3. The van der Waals surface area contributed by atoms with Gasteiger partial charge in [0, 0.05) is 13.2 Å². The maximum Gasteiger partial charge on any atom is 0.334 e. The topological polar surface area (TPSA) is 104 Å². The summed E-state index contributed by atoms with van der Waals surface area (Å²) in [5.74, 6) is 0.650. The predicted molar refractivity (Wildman–Crippen MR) is 89.3 cm³/mol. The number of rotatable bonds is 4. The SMILES string of the molecule is Cc1nn(C)c(Nc2cnn(-c3ncc(Cl)cc3Cl)c2)c1[N+](=O)[O-]. The Balaban J connectivity index is 1.94. The van der Waals surface area contributed by atoms with Crippen LogP contribution in [0.4, 0.5) is 17.2 Å². The van der Waals surface area contributed by atoms with Crippen molar-refractivity contribution in [2.75, 3.05) is 5.32 Å². The molecule has 0 saturated heterocycles. The van der Waals surface area contributed by atoms with E-state index in [2.05, 4.69) is 20.5 Å². The number of hydrogen-bond donors (Lipinski definition) is 1. The van der Waals surface area contributed by atoms with Gasteiger partial charge in [0.05, 0.1) is 33.0 Å². The van der Waals surface area contributed by atoms with Crippen molar-refractivity contribution in [1.82, 2.24) is 24.5 Å². The second-order valence-electron chi connectivity index (χ2n) is 4.92. The van der Waals surface area contributed by atoms with Crippen molar-refractivity contribution < 1.29 is 4.92 Å². The molecule has 3 aromatic heterocycles. The van der Waals surface area contributed by atoms with Crippen molar-refractivity contribution in [2.45, 2.75) is 6.92 Å². The minimum Gasteiger partial charge on any atom is -0.332 e. The highest BCUT2D eigenvalue weighted by Gasteiger charge is 2.24. The van der Waals surface area contributed by atoms with Crippen LogP contribution in [0.3, 0.4) is 0 Å². The van der Waals surface area contributed by atoms with Crippen LogP contribution in [0.5, 0.6) is 0 Å². The number of pyridine rings is 1. The molecule has 3 rings (SSSR count). The van der Waals surface area contributed by atoms with E-state index >= 15 is 0 Å². The number of hydrogen-bond acceptors (Lipinski definition) is 6. The van der Waals surface area contributed by atoms with Crippen LogP contribution in [0.15, 0.2) is 24.7 Å². The number of anilines is 2. The zero-order valence-corrected chi connectivity index (χ0v) is 14.1. The van der Waals surface area contributed by atoms with Crippen LogP contribution < -0.4 is 5.32 Å². The second kappa shape index (κ2) is 6.10. The van der Waals surface area contributed by atoms with E-state index in [9.17, 15) is 10.1 Å². The summed E-state index contributed by atoms with van der Waals surface area (Å²) < 4.78 is 2.84. The highest BCUT2D eigenvalue weighted by Crippen LogP contribution is 2.30. The minimum absolute atomic E-state index is 0.0899. The van der Waals surface area contributed by atoms with E-state index in [1.807, 2.05) is 0 Å².